The van der Waals surface area contributed by atoms with Gasteiger partial charge in [-0.3, -0.25) is 0 Å². The maximum Gasteiger partial charge on any atom is 0.258 e. The fraction of sp³-hybridized carbons (Fsp3) is 0.349. The van der Waals surface area contributed by atoms with E-state index in [1.54, 1.807) is 48.5 Å². The molecule has 0 aliphatic carbocycles. The van der Waals surface area contributed by atoms with Gasteiger partial charge in [0.2, 0.25) is 11.6 Å². The Hall–Kier alpha value is -5.22. The number of hydrogen-bond donors (Lipinski definition) is 2. The lowest BCUT2D eigenvalue weighted by Crippen LogP contribution is -2.25. The standard InChI is InChI=1S/C23H25ClN2O5.C20H21ClN2O5/c1-14(2)29-20-10-7-16(11-19(20)24)21-25-22(31-26-21)15-5-8-17(9-6-15)27-12-18-13-28-23(3,4)30-18;1-12(2)27-18-8-5-14(9-17(18)21)19-22-20(28-23-19)13-3-6-16(7-4-13)26-11-15(25)10-24/h5-11,14,18H,12-13H2,1-4H3;3-9,12,15,24-25H,10-11H2,1-2H3. The fourth-order valence-electron chi connectivity index (χ4n) is 5.56. The lowest BCUT2D eigenvalue weighted by atomic mass is 10.2. The highest BCUT2D eigenvalue weighted by Gasteiger charge is 2.33. The van der Waals surface area contributed by atoms with Gasteiger partial charge in [0.15, 0.2) is 5.79 Å². The molecule has 312 valence electrons. The van der Waals surface area contributed by atoms with Crippen molar-refractivity contribution in [2.24, 2.45) is 0 Å². The van der Waals surface area contributed by atoms with E-state index in [1.807, 2.05) is 77.9 Å². The first kappa shape index (κ1) is 43.4. The second-order valence-electron chi connectivity index (χ2n) is 14.4. The molecular weight excluding hydrogens is 803 g/mol. The van der Waals surface area contributed by atoms with Gasteiger partial charge in [0.05, 0.1) is 35.5 Å². The molecule has 4 aromatic carbocycles. The molecule has 7 rings (SSSR count). The summed E-state index contributed by atoms with van der Waals surface area (Å²) in [5.41, 5.74) is 2.98. The zero-order valence-electron chi connectivity index (χ0n) is 33.4. The van der Waals surface area contributed by atoms with E-state index in [0.717, 1.165) is 22.4 Å². The normalized spacial score (nSPS) is 15.2. The molecule has 14 nitrogen and oxygen atoms in total. The van der Waals surface area contributed by atoms with Crippen LogP contribution in [0.25, 0.3) is 45.7 Å². The second kappa shape index (κ2) is 19.7. The van der Waals surface area contributed by atoms with E-state index in [9.17, 15) is 5.11 Å². The first-order valence-corrected chi connectivity index (χ1v) is 19.7. The van der Waals surface area contributed by atoms with Crippen molar-refractivity contribution in [1.29, 1.82) is 0 Å². The number of nitrogens with zero attached hydrogens (tertiary/aromatic N) is 4. The minimum Gasteiger partial charge on any atom is -0.491 e. The molecular formula is C43H46Cl2N4O10. The summed E-state index contributed by atoms with van der Waals surface area (Å²) in [7, 11) is 0. The van der Waals surface area contributed by atoms with Gasteiger partial charge >= 0.3 is 0 Å². The van der Waals surface area contributed by atoms with E-state index in [1.165, 1.54) is 0 Å². The smallest absolute Gasteiger partial charge is 0.258 e. The molecule has 3 heterocycles. The zero-order chi connectivity index (χ0) is 42.1. The van der Waals surface area contributed by atoms with E-state index in [2.05, 4.69) is 20.3 Å². The van der Waals surface area contributed by atoms with Crippen molar-refractivity contribution in [2.45, 2.75) is 71.7 Å². The third kappa shape index (κ3) is 12.2. The lowest BCUT2D eigenvalue weighted by Gasteiger charge is -2.17. The number of aromatic nitrogens is 4. The molecule has 2 atom stereocenters. The van der Waals surface area contributed by atoms with Gasteiger partial charge in [-0.15, -0.1) is 0 Å². The first-order valence-electron chi connectivity index (χ1n) is 18.9. The Balaban J connectivity index is 0.000000199. The Morgan fingerprint density at radius 3 is 1.56 bits per heavy atom. The predicted octanol–water partition coefficient (Wildman–Crippen LogP) is 8.95. The molecule has 0 bridgehead atoms. The summed E-state index contributed by atoms with van der Waals surface area (Å²) in [5, 5.41) is 27.2. The summed E-state index contributed by atoms with van der Waals surface area (Å²) in [5.74, 6) is 3.59. The van der Waals surface area contributed by atoms with Crippen LogP contribution in [0, 0.1) is 0 Å². The van der Waals surface area contributed by atoms with Crippen molar-refractivity contribution in [3.8, 4) is 68.7 Å². The number of halogens is 2. The quantitative estimate of drug-likeness (QED) is 0.100. The van der Waals surface area contributed by atoms with Gasteiger partial charge in [-0.05, 0) is 126 Å². The van der Waals surface area contributed by atoms with Gasteiger partial charge in [-0.25, -0.2) is 0 Å². The molecule has 16 heteroatoms. The van der Waals surface area contributed by atoms with E-state index in [0.29, 0.717) is 69.5 Å². The monoisotopic (exact) mass is 848 g/mol. The van der Waals surface area contributed by atoms with Crippen molar-refractivity contribution in [3.63, 3.8) is 0 Å². The average molecular weight is 850 g/mol. The highest BCUT2D eigenvalue weighted by atomic mass is 35.5. The molecule has 2 aromatic heterocycles. The van der Waals surface area contributed by atoms with E-state index >= 15 is 0 Å². The lowest BCUT2D eigenvalue weighted by molar-refractivity contribution is -0.141. The third-order valence-corrected chi connectivity index (χ3v) is 8.91. The molecule has 6 aromatic rings. The van der Waals surface area contributed by atoms with Crippen LogP contribution in [0.15, 0.2) is 94.0 Å². The molecule has 0 amide bonds. The molecule has 1 aliphatic heterocycles. The minimum absolute atomic E-state index is 0.0117. The van der Waals surface area contributed by atoms with Crippen LogP contribution in [-0.4, -0.2) is 87.1 Å². The van der Waals surface area contributed by atoms with Crippen LogP contribution in [0.3, 0.4) is 0 Å². The number of benzene rings is 4. The molecule has 1 aliphatic rings. The third-order valence-electron chi connectivity index (χ3n) is 8.32. The maximum atomic E-state index is 9.32. The minimum atomic E-state index is -0.915. The highest BCUT2D eigenvalue weighted by Crippen LogP contribution is 2.33. The van der Waals surface area contributed by atoms with Gasteiger partial charge in [0.25, 0.3) is 11.8 Å². The predicted molar refractivity (Wildman–Crippen MR) is 221 cm³/mol. The summed E-state index contributed by atoms with van der Waals surface area (Å²) in [6, 6.07) is 25.2. The fourth-order valence-corrected chi connectivity index (χ4v) is 6.01. The summed E-state index contributed by atoms with van der Waals surface area (Å²) in [6.45, 7) is 12.1. The number of aliphatic hydroxyl groups is 2. The molecule has 0 radical (unpaired) electrons. The van der Waals surface area contributed by atoms with Crippen molar-refractivity contribution in [1.82, 2.24) is 20.3 Å². The van der Waals surface area contributed by atoms with Crippen molar-refractivity contribution < 1.29 is 47.7 Å². The molecule has 0 saturated carbocycles. The van der Waals surface area contributed by atoms with Crippen LogP contribution in [-0.2, 0) is 9.47 Å². The second-order valence-corrected chi connectivity index (χ2v) is 15.2. The summed E-state index contributed by atoms with van der Waals surface area (Å²) in [4.78, 5) is 8.89. The number of aliphatic hydroxyl groups excluding tert-OH is 2. The van der Waals surface area contributed by atoms with E-state index in [-0.39, 0.29) is 31.5 Å². The molecule has 2 unspecified atom stereocenters. The Kier molecular flexibility index (Phi) is 14.5. The van der Waals surface area contributed by atoms with Crippen molar-refractivity contribution in [2.75, 3.05) is 26.4 Å². The largest absolute Gasteiger partial charge is 0.491 e. The number of hydrogen-bond acceptors (Lipinski definition) is 14. The van der Waals surface area contributed by atoms with Crippen LogP contribution < -0.4 is 18.9 Å². The Morgan fingerprint density at radius 2 is 1.15 bits per heavy atom. The first-order chi connectivity index (χ1) is 28.2. The zero-order valence-corrected chi connectivity index (χ0v) is 34.9. The van der Waals surface area contributed by atoms with Crippen molar-refractivity contribution >= 4 is 23.2 Å². The maximum absolute atomic E-state index is 9.32. The summed E-state index contributed by atoms with van der Waals surface area (Å²) < 4.78 is 44.5. The average Bonchev–Trinajstić information content (AvgIpc) is 3.99. The SMILES string of the molecule is CC(C)Oc1ccc(-c2noc(-c3ccc(OCC(O)CO)cc3)n2)cc1Cl.CC(C)Oc1ccc(-c2noc(-c3ccc(OCC4COC(C)(C)O4)cc3)n2)cc1Cl. The Morgan fingerprint density at radius 1 is 0.695 bits per heavy atom. The van der Waals surface area contributed by atoms with Gasteiger partial charge < -0.3 is 47.7 Å². The van der Waals surface area contributed by atoms with Crippen LogP contribution in [0.4, 0.5) is 0 Å². The molecule has 2 N–H and O–H groups in total. The van der Waals surface area contributed by atoms with Gasteiger partial charge in [-0.1, -0.05) is 33.5 Å². The highest BCUT2D eigenvalue weighted by molar-refractivity contribution is 6.32. The topological polar surface area (TPSA) is 174 Å². The van der Waals surface area contributed by atoms with E-state index < -0.39 is 11.9 Å². The molecule has 1 fully saturated rings. The van der Waals surface area contributed by atoms with Gasteiger partial charge in [0, 0.05) is 22.3 Å². The number of ether oxygens (including phenoxy) is 6. The van der Waals surface area contributed by atoms with Crippen LogP contribution in [0.1, 0.15) is 41.5 Å². The van der Waals surface area contributed by atoms with Crippen molar-refractivity contribution in [3.05, 3.63) is 95.0 Å². The summed E-state index contributed by atoms with van der Waals surface area (Å²) in [6.07, 6.45) is -0.934. The van der Waals surface area contributed by atoms with Gasteiger partial charge in [-0.2, -0.15) is 9.97 Å². The Bertz CT molecular complexity index is 2260. The molecule has 0 spiro atoms. The van der Waals surface area contributed by atoms with Crippen LogP contribution in [0.2, 0.25) is 10.0 Å². The van der Waals surface area contributed by atoms with Crippen LogP contribution in [0.5, 0.6) is 23.0 Å². The molecule has 1 saturated heterocycles. The van der Waals surface area contributed by atoms with E-state index in [4.69, 9.17) is 65.8 Å². The number of rotatable bonds is 15. The van der Waals surface area contributed by atoms with Gasteiger partial charge in [0.1, 0.15) is 48.4 Å². The van der Waals surface area contributed by atoms with Crippen LogP contribution >= 0.6 is 23.2 Å². The molecule has 59 heavy (non-hydrogen) atoms. The summed E-state index contributed by atoms with van der Waals surface area (Å²) >= 11 is 12.6. The Labute approximate surface area is 351 Å².